The molecule has 0 aromatic rings. The predicted molar refractivity (Wildman–Crippen MR) is 120 cm³/mol. The highest BCUT2D eigenvalue weighted by atomic mass is 16.5. The Balaban J connectivity index is 2.33. The molecule has 0 radical (unpaired) electrons. The van der Waals surface area contributed by atoms with Crippen LogP contribution in [0.15, 0.2) is 0 Å². The number of rotatable bonds is 15. The standard InChI is InChI=1S/C24H47N2O3/c1-5-6-7-8-9-10-11-12-14-17-24(28)29-23(20-25(3)22(2)27)21-26(4)18-15-13-16-19-26/h23H,5-21H2,1-4H3/q+1. The quantitative estimate of drug-likeness (QED) is 0.218. The molecule has 0 saturated carbocycles. The first kappa shape index (κ1) is 25.9. The van der Waals surface area contributed by atoms with Crippen molar-refractivity contribution in [2.45, 2.75) is 103 Å². The van der Waals surface area contributed by atoms with Gasteiger partial charge in [-0.15, -0.1) is 0 Å². The smallest absolute Gasteiger partial charge is 0.306 e. The molecule has 1 heterocycles. The lowest BCUT2D eigenvalue weighted by molar-refractivity contribution is -0.916. The van der Waals surface area contributed by atoms with Crippen LogP contribution in [-0.2, 0) is 14.3 Å². The van der Waals surface area contributed by atoms with Gasteiger partial charge in [0.15, 0.2) is 6.10 Å². The van der Waals surface area contributed by atoms with E-state index in [4.69, 9.17) is 4.74 Å². The highest BCUT2D eigenvalue weighted by Gasteiger charge is 2.31. The van der Waals surface area contributed by atoms with Gasteiger partial charge < -0.3 is 14.1 Å². The fourth-order valence-electron chi connectivity index (χ4n) is 4.34. The van der Waals surface area contributed by atoms with Crippen molar-refractivity contribution in [3.63, 3.8) is 0 Å². The molecule has 5 heteroatoms. The highest BCUT2D eigenvalue weighted by Crippen LogP contribution is 2.18. The summed E-state index contributed by atoms with van der Waals surface area (Å²) in [6.07, 6.45) is 15.2. The van der Waals surface area contributed by atoms with Crippen molar-refractivity contribution in [2.75, 3.05) is 40.3 Å². The molecule has 1 fully saturated rings. The molecule has 1 aliphatic heterocycles. The van der Waals surface area contributed by atoms with Crippen LogP contribution < -0.4 is 0 Å². The Morgan fingerprint density at radius 3 is 2.03 bits per heavy atom. The van der Waals surface area contributed by atoms with E-state index in [2.05, 4.69) is 14.0 Å². The number of unbranched alkanes of at least 4 members (excludes halogenated alkanes) is 8. The van der Waals surface area contributed by atoms with Crippen molar-refractivity contribution in [3.8, 4) is 0 Å². The minimum absolute atomic E-state index is 0.0197. The number of likely N-dealkylation sites (N-methyl/N-ethyl adjacent to an activating group) is 2. The molecule has 5 nitrogen and oxygen atoms in total. The Bertz CT molecular complexity index is 461. The van der Waals surface area contributed by atoms with Crippen LogP contribution in [0.3, 0.4) is 0 Å². The second-order valence-electron chi connectivity index (χ2n) is 9.40. The number of hydrogen-bond acceptors (Lipinski definition) is 3. The summed E-state index contributed by atoms with van der Waals surface area (Å²) >= 11 is 0. The second kappa shape index (κ2) is 14.8. The Morgan fingerprint density at radius 1 is 0.931 bits per heavy atom. The molecule has 0 aliphatic carbocycles. The summed E-state index contributed by atoms with van der Waals surface area (Å²) in [6, 6.07) is 0. The number of carbonyl (C=O) groups excluding carboxylic acids is 2. The molecule has 0 aromatic carbocycles. The maximum Gasteiger partial charge on any atom is 0.306 e. The zero-order valence-electron chi connectivity index (χ0n) is 19.7. The number of quaternary nitrogens is 1. The summed E-state index contributed by atoms with van der Waals surface area (Å²) < 4.78 is 6.81. The predicted octanol–water partition coefficient (Wildman–Crippen LogP) is 4.93. The van der Waals surface area contributed by atoms with E-state index in [9.17, 15) is 9.59 Å². The Morgan fingerprint density at radius 2 is 1.48 bits per heavy atom. The number of likely N-dealkylation sites (tertiary alicyclic amines) is 1. The SMILES string of the molecule is CCCCCCCCCCCC(=O)OC(CN(C)C(C)=O)C[N+]1(C)CCCCC1. The van der Waals surface area contributed by atoms with E-state index < -0.39 is 0 Å². The van der Waals surface area contributed by atoms with E-state index in [1.54, 1.807) is 18.9 Å². The number of hydrogen-bond donors (Lipinski definition) is 0. The van der Waals surface area contributed by atoms with Crippen LogP contribution in [0.4, 0.5) is 0 Å². The van der Waals surface area contributed by atoms with E-state index in [-0.39, 0.29) is 18.0 Å². The number of nitrogens with zero attached hydrogens (tertiary/aromatic N) is 2. The van der Waals surface area contributed by atoms with Gasteiger partial charge in [-0.3, -0.25) is 9.59 Å². The minimum Gasteiger partial charge on any atom is -0.454 e. The van der Waals surface area contributed by atoms with Crippen molar-refractivity contribution in [2.24, 2.45) is 0 Å². The van der Waals surface area contributed by atoms with Gasteiger partial charge in [-0.05, 0) is 25.7 Å². The number of amides is 1. The topological polar surface area (TPSA) is 46.6 Å². The summed E-state index contributed by atoms with van der Waals surface area (Å²) in [5, 5.41) is 0. The minimum atomic E-state index is -0.210. The third-order valence-electron chi connectivity index (χ3n) is 6.34. The molecule has 1 atom stereocenters. The lowest BCUT2D eigenvalue weighted by Gasteiger charge is -2.40. The molecule has 1 aliphatic rings. The molecular weight excluding hydrogens is 364 g/mol. The van der Waals surface area contributed by atoms with Gasteiger partial charge in [-0.25, -0.2) is 0 Å². The summed E-state index contributed by atoms with van der Waals surface area (Å²) in [4.78, 5) is 25.8. The summed E-state index contributed by atoms with van der Waals surface area (Å²) in [6.45, 7) is 7.38. The molecule has 170 valence electrons. The van der Waals surface area contributed by atoms with Crippen LogP contribution in [0.5, 0.6) is 0 Å². The summed E-state index contributed by atoms with van der Waals surface area (Å²) in [5.74, 6) is -0.0789. The fourth-order valence-corrected chi connectivity index (χ4v) is 4.34. The fraction of sp³-hybridized carbons (Fsp3) is 0.917. The van der Waals surface area contributed by atoms with Crippen LogP contribution in [-0.4, -0.2) is 67.6 Å². The van der Waals surface area contributed by atoms with E-state index in [1.165, 1.54) is 64.2 Å². The maximum absolute atomic E-state index is 12.4. The van der Waals surface area contributed by atoms with Crippen molar-refractivity contribution >= 4 is 11.9 Å². The maximum atomic E-state index is 12.4. The van der Waals surface area contributed by atoms with Crippen LogP contribution in [0, 0.1) is 0 Å². The van der Waals surface area contributed by atoms with E-state index in [0.717, 1.165) is 37.0 Å². The molecule has 0 aromatic heterocycles. The number of piperidine rings is 1. The second-order valence-corrected chi connectivity index (χ2v) is 9.40. The molecule has 1 saturated heterocycles. The van der Waals surface area contributed by atoms with E-state index in [1.807, 2.05) is 0 Å². The van der Waals surface area contributed by atoms with E-state index in [0.29, 0.717) is 13.0 Å². The first-order chi connectivity index (χ1) is 13.9. The molecular formula is C24H47N2O3+. The first-order valence-corrected chi connectivity index (χ1v) is 12.1. The van der Waals surface area contributed by atoms with Gasteiger partial charge in [-0.1, -0.05) is 58.3 Å². The lowest BCUT2D eigenvalue weighted by Crippen LogP contribution is -2.54. The Hall–Kier alpha value is -1.10. The molecule has 0 bridgehead atoms. The van der Waals surface area contributed by atoms with Gasteiger partial charge in [0, 0.05) is 20.4 Å². The molecule has 0 spiro atoms. The first-order valence-electron chi connectivity index (χ1n) is 12.1. The van der Waals surface area contributed by atoms with Crippen LogP contribution in [0.25, 0.3) is 0 Å². The summed E-state index contributed by atoms with van der Waals surface area (Å²) in [5.41, 5.74) is 0. The Kier molecular flexibility index (Phi) is 13.2. The van der Waals surface area contributed by atoms with Gasteiger partial charge in [-0.2, -0.15) is 0 Å². The number of carbonyl (C=O) groups is 2. The molecule has 29 heavy (non-hydrogen) atoms. The number of ether oxygens (including phenoxy) is 1. The molecule has 1 rings (SSSR count). The van der Waals surface area contributed by atoms with Gasteiger partial charge >= 0.3 is 5.97 Å². The third kappa shape index (κ3) is 12.2. The molecule has 1 unspecified atom stereocenters. The summed E-state index contributed by atoms with van der Waals surface area (Å²) in [7, 11) is 4.05. The van der Waals surface area contributed by atoms with Crippen LogP contribution >= 0.6 is 0 Å². The van der Waals surface area contributed by atoms with Crippen LogP contribution in [0.2, 0.25) is 0 Å². The van der Waals surface area contributed by atoms with Gasteiger partial charge in [0.2, 0.25) is 5.91 Å². The lowest BCUT2D eigenvalue weighted by atomic mass is 10.1. The highest BCUT2D eigenvalue weighted by molar-refractivity contribution is 5.73. The van der Waals surface area contributed by atoms with Crippen LogP contribution in [0.1, 0.15) is 97.3 Å². The molecule has 1 amide bonds. The van der Waals surface area contributed by atoms with E-state index >= 15 is 0 Å². The zero-order chi connectivity index (χ0) is 21.5. The zero-order valence-corrected chi connectivity index (χ0v) is 19.7. The number of esters is 1. The normalized spacial score (nSPS) is 17.0. The van der Waals surface area contributed by atoms with Gasteiger partial charge in [0.1, 0.15) is 6.54 Å². The third-order valence-corrected chi connectivity index (χ3v) is 6.34. The van der Waals surface area contributed by atoms with Crippen molar-refractivity contribution in [1.29, 1.82) is 0 Å². The van der Waals surface area contributed by atoms with Crippen molar-refractivity contribution in [3.05, 3.63) is 0 Å². The van der Waals surface area contributed by atoms with Gasteiger partial charge in [0.25, 0.3) is 0 Å². The molecule has 0 N–H and O–H groups in total. The van der Waals surface area contributed by atoms with Gasteiger partial charge in [0.05, 0.1) is 26.7 Å². The van der Waals surface area contributed by atoms with Crippen molar-refractivity contribution < 1.29 is 18.8 Å². The van der Waals surface area contributed by atoms with Crippen molar-refractivity contribution in [1.82, 2.24) is 4.90 Å². The average Bonchev–Trinajstić information content (AvgIpc) is 2.66. The monoisotopic (exact) mass is 411 g/mol. The Labute approximate surface area is 179 Å². The largest absolute Gasteiger partial charge is 0.454 e. The average molecular weight is 412 g/mol.